The fourth-order valence-corrected chi connectivity index (χ4v) is 2.30. The molecule has 3 N–H and O–H groups in total. The molecule has 0 spiro atoms. The largest absolute Gasteiger partial charge is 0.481 e. The summed E-state index contributed by atoms with van der Waals surface area (Å²) in [6.45, 7) is 1.32. The summed E-state index contributed by atoms with van der Waals surface area (Å²) in [5.74, 6) is -0.354. The molecule has 0 saturated heterocycles. The number of carboxylic acids is 1. The van der Waals surface area contributed by atoms with Gasteiger partial charge in [0.1, 0.15) is 11.8 Å². The van der Waals surface area contributed by atoms with Crippen molar-refractivity contribution in [1.82, 2.24) is 0 Å². The van der Waals surface area contributed by atoms with Gasteiger partial charge >= 0.3 is 11.9 Å². The van der Waals surface area contributed by atoms with Gasteiger partial charge in [-0.25, -0.2) is 4.79 Å². The van der Waals surface area contributed by atoms with Gasteiger partial charge in [-0.2, -0.15) is 0 Å². The summed E-state index contributed by atoms with van der Waals surface area (Å²) < 4.78 is 5.14. The van der Waals surface area contributed by atoms with E-state index in [0.717, 1.165) is 5.69 Å². The number of benzene rings is 1. The molecule has 8 heteroatoms. The first-order chi connectivity index (χ1) is 11.0. The summed E-state index contributed by atoms with van der Waals surface area (Å²) in [6.07, 6.45) is -0.146. The number of halogens is 2. The van der Waals surface area contributed by atoms with E-state index in [9.17, 15) is 9.59 Å². The molecule has 1 aromatic carbocycles. The van der Waals surface area contributed by atoms with Crippen molar-refractivity contribution in [2.75, 3.05) is 29.7 Å². The molecule has 0 unspecified atom stereocenters. The van der Waals surface area contributed by atoms with Crippen LogP contribution in [-0.2, 0) is 9.59 Å². The predicted octanol–water partition coefficient (Wildman–Crippen LogP) is 2.07. The molecule has 23 heavy (non-hydrogen) atoms. The van der Waals surface area contributed by atoms with Crippen molar-refractivity contribution in [3.05, 3.63) is 24.3 Å². The van der Waals surface area contributed by atoms with Crippen molar-refractivity contribution in [2.45, 2.75) is 18.9 Å². The van der Waals surface area contributed by atoms with E-state index in [-0.39, 0.29) is 12.8 Å². The van der Waals surface area contributed by atoms with Crippen LogP contribution in [-0.4, -0.2) is 47.9 Å². The Morgan fingerprint density at radius 3 is 2.22 bits per heavy atom. The molecule has 0 fully saturated rings. The number of carbonyl (C=O) groups excluding carboxylic acids is 1. The number of rotatable bonds is 10. The minimum Gasteiger partial charge on any atom is -0.481 e. The second kappa shape index (κ2) is 10.3. The van der Waals surface area contributed by atoms with Crippen molar-refractivity contribution < 1.29 is 19.4 Å². The van der Waals surface area contributed by atoms with E-state index in [1.54, 1.807) is 24.3 Å². The van der Waals surface area contributed by atoms with Crippen LogP contribution >= 0.6 is 23.2 Å². The van der Waals surface area contributed by atoms with E-state index < -0.39 is 18.0 Å². The van der Waals surface area contributed by atoms with Crippen LogP contribution in [0.25, 0.3) is 0 Å². The number of alkyl halides is 2. The average molecular weight is 363 g/mol. The van der Waals surface area contributed by atoms with Gasteiger partial charge in [0, 0.05) is 37.0 Å². The molecule has 128 valence electrons. The number of aliphatic carboxylic acids is 1. The molecule has 0 bridgehead atoms. The van der Waals surface area contributed by atoms with Crippen LogP contribution in [0.4, 0.5) is 5.69 Å². The number of ether oxygens (including phenoxy) is 1. The molecule has 0 aromatic heterocycles. The number of carbonyl (C=O) groups is 2. The Hall–Kier alpha value is -1.50. The summed E-state index contributed by atoms with van der Waals surface area (Å²) >= 11 is 11.5. The van der Waals surface area contributed by atoms with Crippen LogP contribution in [0.5, 0.6) is 5.75 Å². The van der Waals surface area contributed by atoms with Gasteiger partial charge in [-0.15, -0.1) is 23.2 Å². The molecule has 6 nitrogen and oxygen atoms in total. The van der Waals surface area contributed by atoms with Crippen molar-refractivity contribution >= 4 is 40.8 Å². The lowest BCUT2D eigenvalue weighted by molar-refractivity contribution is -0.138. The first-order valence-electron chi connectivity index (χ1n) is 7.14. The molecule has 0 saturated carbocycles. The number of esters is 1. The molecular weight excluding hydrogens is 343 g/mol. The summed E-state index contributed by atoms with van der Waals surface area (Å²) in [5.41, 5.74) is 6.51. The maximum absolute atomic E-state index is 11.8. The maximum Gasteiger partial charge on any atom is 0.328 e. The van der Waals surface area contributed by atoms with Gasteiger partial charge in [-0.05, 0) is 30.7 Å². The van der Waals surface area contributed by atoms with Crippen molar-refractivity contribution in [3.8, 4) is 5.75 Å². The first kappa shape index (κ1) is 19.5. The summed E-state index contributed by atoms with van der Waals surface area (Å²) in [7, 11) is 0. The highest BCUT2D eigenvalue weighted by atomic mass is 35.5. The number of nitrogens with two attached hydrogens (primary N) is 1. The molecule has 1 atom stereocenters. The van der Waals surface area contributed by atoms with Crippen LogP contribution in [0.2, 0.25) is 0 Å². The standard InChI is InChI=1S/C15H20Cl2N2O4/c16-7-9-19(10-8-17)11-1-3-12(4-2-11)23-15(22)13(18)5-6-14(20)21/h1-4,13H,5-10,18H2,(H,20,21)/t13-/m0/s1. The zero-order chi connectivity index (χ0) is 17.2. The maximum atomic E-state index is 11.8. The van der Waals surface area contributed by atoms with Gasteiger partial charge in [-0.1, -0.05) is 0 Å². The number of carboxylic acid groups (broad SMARTS) is 1. The number of hydrogen-bond acceptors (Lipinski definition) is 5. The highest BCUT2D eigenvalue weighted by Gasteiger charge is 2.17. The SMILES string of the molecule is N[C@@H](CCC(=O)O)C(=O)Oc1ccc(N(CCCl)CCCl)cc1. The Kier molecular flexibility index (Phi) is 8.76. The van der Waals surface area contributed by atoms with Gasteiger partial charge in [0.2, 0.25) is 0 Å². The Balaban J connectivity index is 2.62. The van der Waals surface area contributed by atoms with Crippen LogP contribution in [0, 0.1) is 0 Å². The lowest BCUT2D eigenvalue weighted by Crippen LogP contribution is -2.34. The smallest absolute Gasteiger partial charge is 0.328 e. The van der Waals surface area contributed by atoms with Crippen LogP contribution in [0.1, 0.15) is 12.8 Å². The van der Waals surface area contributed by atoms with E-state index in [0.29, 0.717) is 30.6 Å². The third-order valence-electron chi connectivity index (χ3n) is 3.10. The van der Waals surface area contributed by atoms with E-state index in [2.05, 4.69) is 0 Å². The van der Waals surface area contributed by atoms with Crippen LogP contribution in [0.3, 0.4) is 0 Å². The molecule has 1 aromatic rings. The summed E-state index contributed by atoms with van der Waals surface area (Å²) in [5, 5.41) is 8.57. The second-order valence-electron chi connectivity index (χ2n) is 4.82. The van der Waals surface area contributed by atoms with Gasteiger partial charge in [0.05, 0.1) is 0 Å². The molecule has 0 amide bonds. The molecule has 0 aliphatic rings. The van der Waals surface area contributed by atoms with E-state index >= 15 is 0 Å². The summed E-state index contributed by atoms with van der Waals surface area (Å²) in [6, 6.07) is 5.92. The highest BCUT2D eigenvalue weighted by Crippen LogP contribution is 2.20. The Bertz CT molecular complexity index is 505. The van der Waals surface area contributed by atoms with E-state index in [1.807, 2.05) is 4.90 Å². The van der Waals surface area contributed by atoms with E-state index in [1.165, 1.54) is 0 Å². The van der Waals surface area contributed by atoms with Gasteiger partial charge in [0.25, 0.3) is 0 Å². The normalized spacial score (nSPS) is 11.8. The Labute approximate surface area is 145 Å². The van der Waals surface area contributed by atoms with Crippen LogP contribution in [0.15, 0.2) is 24.3 Å². The van der Waals surface area contributed by atoms with Crippen molar-refractivity contribution in [1.29, 1.82) is 0 Å². The van der Waals surface area contributed by atoms with Gasteiger partial charge < -0.3 is 20.5 Å². The topological polar surface area (TPSA) is 92.9 Å². The molecule has 0 aliphatic carbocycles. The quantitative estimate of drug-likeness (QED) is 0.376. The van der Waals surface area contributed by atoms with Gasteiger partial charge in [-0.3, -0.25) is 4.79 Å². The van der Waals surface area contributed by atoms with Crippen molar-refractivity contribution in [3.63, 3.8) is 0 Å². The molecule has 0 aliphatic heterocycles. The third-order valence-corrected chi connectivity index (χ3v) is 3.44. The molecular formula is C15H20Cl2N2O4. The van der Waals surface area contributed by atoms with Gasteiger partial charge in [0.15, 0.2) is 0 Å². The third kappa shape index (κ3) is 7.07. The Morgan fingerprint density at radius 1 is 1.17 bits per heavy atom. The van der Waals surface area contributed by atoms with E-state index in [4.69, 9.17) is 38.8 Å². The average Bonchev–Trinajstić information content (AvgIpc) is 2.53. The fraction of sp³-hybridized carbons (Fsp3) is 0.467. The molecule has 1 rings (SSSR count). The highest BCUT2D eigenvalue weighted by molar-refractivity contribution is 6.18. The van der Waals surface area contributed by atoms with Crippen LogP contribution < -0.4 is 15.4 Å². The molecule has 0 heterocycles. The number of nitrogens with zero attached hydrogens (tertiary/aromatic N) is 1. The fourth-order valence-electron chi connectivity index (χ4n) is 1.89. The summed E-state index contributed by atoms with van der Waals surface area (Å²) in [4.78, 5) is 24.2. The minimum absolute atomic E-state index is 0.0332. The first-order valence-corrected chi connectivity index (χ1v) is 8.20. The Morgan fingerprint density at radius 2 is 1.74 bits per heavy atom. The number of hydrogen-bond donors (Lipinski definition) is 2. The zero-order valence-electron chi connectivity index (χ0n) is 12.6. The predicted molar refractivity (Wildman–Crippen MR) is 90.6 cm³/mol. The minimum atomic E-state index is -1.00. The molecule has 0 radical (unpaired) electrons. The monoisotopic (exact) mass is 362 g/mol. The second-order valence-corrected chi connectivity index (χ2v) is 5.57. The number of anilines is 1. The lowest BCUT2D eigenvalue weighted by atomic mass is 10.2. The lowest BCUT2D eigenvalue weighted by Gasteiger charge is -2.23. The zero-order valence-corrected chi connectivity index (χ0v) is 14.1. The van der Waals surface area contributed by atoms with Crippen molar-refractivity contribution in [2.24, 2.45) is 5.73 Å².